The molecule has 0 aliphatic carbocycles. The van der Waals surface area contributed by atoms with E-state index in [1.165, 1.54) is 6.07 Å². The molecular weight excluding hydrogens is 590 g/mol. The van der Waals surface area contributed by atoms with Crippen LogP contribution in [0.25, 0.3) is 99.9 Å². The molecule has 3 aromatic heterocycles. The van der Waals surface area contributed by atoms with Gasteiger partial charge < -0.3 is 8.83 Å². The maximum absolute atomic E-state index is 9.66. The highest BCUT2D eigenvalue weighted by Crippen LogP contribution is 2.44. The molecule has 0 N–H and O–H groups in total. The number of aromatic nitrogens is 3. The summed E-state index contributed by atoms with van der Waals surface area (Å²) >= 11 is 0. The van der Waals surface area contributed by atoms with Gasteiger partial charge in [-0.2, -0.15) is 0 Å². The molecular formula is C43H25N3O2. The standard InChI is InChI=1S/C43H25N3O2/c1-2-12-27(13-3-1)41-44-42(29-22-21-26-11-4-5-14-28(26)25-29)46-43(45-41)34-24-23-31(40-39(34)33-16-7-9-19-36(33)48-40)30-17-10-20-37-38(30)32-15-6-8-18-35(32)47-37/h1-25H/i1D,2D,3D,7D,9D,12D,13D,19D,24D. The van der Waals surface area contributed by atoms with Gasteiger partial charge in [-0.1, -0.05) is 115 Å². The number of fused-ring (bicyclic) bond motifs is 7. The minimum Gasteiger partial charge on any atom is -0.456 e. The maximum atomic E-state index is 9.66. The topological polar surface area (TPSA) is 65.0 Å². The molecule has 10 aromatic rings. The average Bonchev–Trinajstić information content (AvgIpc) is 3.80. The second-order valence-corrected chi connectivity index (χ2v) is 11.3. The summed E-state index contributed by atoms with van der Waals surface area (Å²) in [5, 5.41) is 4.03. The fourth-order valence-electron chi connectivity index (χ4n) is 6.39. The van der Waals surface area contributed by atoms with E-state index in [4.69, 9.17) is 34.8 Å². The van der Waals surface area contributed by atoms with Crippen LogP contribution in [-0.4, -0.2) is 15.0 Å². The van der Waals surface area contributed by atoms with E-state index in [0.29, 0.717) is 33.2 Å². The van der Waals surface area contributed by atoms with Crippen molar-refractivity contribution >= 4 is 54.6 Å². The Hall–Kier alpha value is -6.59. The van der Waals surface area contributed by atoms with Crippen LogP contribution in [0.3, 0.4) is 0 Å². The monoisotopic (exact) mass is 624 g/mol. The van der Waals surface area contributed by atoms with E-state index in [1.807, 2.05) is 84.9 Å². The highest BCUT2D eigenvalue weighted by atomic mass is 16.3. The third kappa shape index (κ3) is 4.15. The summed E-state index contributed by atoms with van der Waals surface area (Å²) in [6.45, 7) is 0. The first-order valence-electron chi connectivity index (χ1n) is 19.7. The molecule has 0 unspecified atom stereocenters. The normalized spacial score (nSPS) is 14.4. The molecule has 0 aliphatic heterocycles. The molecule has 48 heavy (non-hydrogen) atoms. The molecule has 0 bridgehead atoms. The van der Waals surface area contributed by atoms with Gasteiger partial charge in [-0.3, -0.25) is 0 Å². The third-order valence-electron chi connectivity index (χ3n) is 8.55. The maximum Gasteiger partial charge on any atom is 0.164 e. The van der Waals surface area contributed by atoms with Crippen molar-refractivity contribution in [2.75, 3.05) is 0 Å². The van der Waals surface area contributed by atoms with Crippen LogP contribution in [0.2, 0.25) is 0 Å². The lowest BCUT2D eigenvalue weighted by atomic mass is 9.95. The second-order valence-electron chi connectivity index (χ2n) is 11.3. The highest BCUT2D eigenvalue weighted by Gasteiger charge is 2.22. The zero-order chi connectivity index (χ0) is 39.4. The first-order chi connectivity index (χ1) is 27.5. The summed E-state index contributed by atoms with van der Waals surface area (Å²) in [4.78, 5) is 14.3. The van der Waals surface area contributed by atoms with Gasteiger partial charge in [-0.05, 0) is 52.7 Å². The summed E-state index contributed by atoms with van der Waals surface area (Å²) in [5.74, 6) is -0.170. The molecule has 3 heterocycles. The van der Waals surface area contributed by atoms with E-state index >= 15 is 0 Å². The molecule has 0 fully saturated rings. The highest BCUT2D eigenvalue weighted by molar-refractivity contribution is 6.20. The minimum atomic E-state index is -0.569. The predicted molar refractivity (Wildman–Crippen MR) is 194 cm³/mol. The van der Waals surface area contributed by atoms with Crippen LogP contribution in [0.1, 0.15) is 12.3 Å². The van der Waals surface area contributed by atoms with Crippen molar-refractivity contribution in [1.82, 2.24) is 15.0 Å². The Morgan fingerprint density at radius 2 is 1.19 bits per heavy atom. The summed E-state index contributed by atoms with van der Waals surface area (Å²) in [6, 6.07) is 25.8. The van der Waals surface area contributed by atoms with Crippen molar-refractivity contribution in [3.63, 3.8) is 0 Å². The second kappa shape index (κ2) is 10.5. The van der Waals surface area contributed by atoms with Crippen molar-refractivity contribution in [3.05, 3.63) is 151 Å². The minimum absolute atomic E-state index is 0.0259. The zero-order valence-electron chi connectivity index (χ0n) is 33.9. The Morgan fingerprint density at radius 3 is 2.10 bits per heavy atom. The molecule has 5 heteroatoms. The van der Waals surface area contributed by atoms with E-state index in [0.717, 1.165) is 21.5 Å². The van der Waals surface area contributed by atoms with Crippen LogP contribution in [-0.2, 0) is 0 Å². The fourth-order valence-corrected chi connectivity index (χ4v) is 6.39. The number of nitrogens with zero attached hydrogens (tertiary/aromatic N) is 3. The van der Waals surface area contributed by atoms with Crippen molar-refractivity contribution in [2.24, 2.45) is 0 Å². The lowest BCUT2D eigenvalue weighted by Gasteiger charge is -2.11. The zero-order valence-corrected chi connectivity index (χ0v) is 24.9. The Balaban J connectivity index is 1.34. The van der Waals surface area contributed by atoms with Crippen molar-refractivity contribution in [2.45, 2.75) is 0 Å². The number of hydrogen-bond acceptors (Lipinski definition) is 5. The van der Waals surface area contributed by atoms with Crippen molar-refractivity contribution in [1.29, 1.82) is 0 Å². The van der Waals surface area contributed by atoms with Gasteiger partial charge in [0.15, 0.2) is 17.5 Å². The molecule has 0 saturated heterocycles. The van der Waals surface area contributed by atoms with Crippen molar-refractivity contribution < 1.29 is 21.2 Å². The molecule has 0 atom stereocenters. The molecule has 224 valence electrons. The fraction of sp³-hybridized carbons (Fsp3) is 0. The van der Waals surface area contributed by atoms with Gasteiger partial charge >= 0.3 is 0 Å². The van der Waals surface area contributed by atoms with E-state index in [1.54, 1.807) is 6.07 Å². The average molecular weight is 625 g/mol. The largest absolute Gasteiger partial charge is 0.456 e. The molecule has 0 aliphatic rings. The van der Waals surface area contributed by atoms with E-state index < -0.39 is 30.2 Å². The summed E-state index contributed by atoms with van der Waals surface area (Å²) in [7, 11) is 0. The Bertz CT molecular complexity index is 3350. The number of hydrogen-bond donors (Lipinski definition) is 0. The SMILES string of the molecule is [2H]c1cc2c(oc3c(-c4cccc5oc6ccccc6c45)cc([2H])c(-c4nc(-c5ccc6ccccc6c5)nc(-c5c([2H])c([2H])c([2H])c([2H])c5[2H])n4)c32)c([2H])c1[2H]. The molecule has 0 amide bonds. The molecule has 0 radical (unpaired) electrons. The molecule has 7 aromatic carbocycles. The van der Waals surface area contributed by atoms with Gasteiger partial charge in [0.25, 0.3) is 0 Å². The van der Waals surface area contributed by atoms with Gasteiger partial charge in [0.05, 0.1) is 12.3 Å². The smallest absolute Gasteiger partial charge is 0.164 e. The van der Waals surface area contributed by atoms with Crippen LogP contribution < -0.4 is 0 Å². The summed E-state index contributed by atoms with van der Waals surface area (Å²) in [5.41, 5.74) is 3.13. The van der Waals surface area contributed by atoms with Crippen molar-refractivity contribution in [3.8, 4) is 45.3 Å². The summed E-state index contributed by atoms with van der Waals surface area (Å²) in [6.07, 6.45) is 0. The van der Waals surface area contributed by atoms with Crippen LogP contribution in [0.15, 0.2) is 160 Å². The van der Waals surface area contributed by atoms with Gasteiger partial charge in [-0.15, -0.1) is 0 Å². The van der Waals surface area contributed by atoms with E-state index in [2.05, 4.69) is 0 Å². The van der Waals surface area contributed by atoms with Gasteiger partial charge in [0.2, 0.25) is 0 Å². The first-order valence-corrected chi connectivity index (χ1v) is 15.2. The number of rotatable bonds is 4. The van der Waals surface area contributed by atoms with Gasteiger partial charge in [0.1, 0.15) is 22.3 Å². The van der Waals surface area contributed by atoms with Crippen LogP contribution in [0.5, 0.6) is 0 Å². The van der Waals surface area contributed by atoms with Gasteiger partial charge in [-0.25, -0.2) is 15.0 Å². The quantitative estimate of drug-likeness (QED) is 0.195. The third-order valence-corrected chi connectivity index (χ3v) is 8.55. The van der Waals surface area contributed by atoms with Crippen LogP contribution >= 0.6 is 0 Å². The Kier molecular flexibility index (Phi) is 4.18. The lowest BCUT2D eigenvalue weighted by molar-refractivity contribution is 0.668. The van der Waals surface area contributed by atoms with Crippen LogP contribution in [0.4, 0.5) is 0 Å². The Morgan fingerprint density at radius 1 is 0.438 bits per heavy atom. The molecule has 0 saturated carbocycles. The Labute approximate surface area is 287 Å². The molecule has 10 rings (SSSR count). The van der Waals surface area contributed by atoms with E-state index in [-0.39, 0.29) is 69.3 Å². The van der Waals surface area contributed by atoms with E-state index in [9.17, 15) is 1.37 Å². The molecule has 5 nitrogen and oxygen atoms in total. The van der Waals surface area contributed by atoms with Crippen LogP contribution in [0, 0.1) is 0 Å². The summed E-state index contributed by atoms with van der Waals surface area (Å²) < 4.78 is 90.9. The number of benzene rings is 7. The lowest BCUT2D eigenvalue weighted by Crippen LogP contribution is -2.00. The number of furan rings is 2. The molecule has 0 spiro atoms. The predicted octanol–water partition coefficient (Wildman–Crippen LogP) is 11.5. The van der Waals surface area contributed by atoms with Gasteiger partial charge in [0, 0.05) is 43.8 Å². The first kappa shape index (κ1) is 19.2. The number of para-hydroxylation sites is 2.